The molecule has 0 spiro atoms. The number of nitriles is 1. The summed E-state index contributed by atoms with van der Waals surface area (Å²) >= 11 is 0. The lowest BCUT2D eigenvalue weighted by atomic mass is 10.0. The van der Waals surface area contributed by atoms with Crippen LogP contribution in [0.25, 0.3) is 0 Å². The van der Waals surface area contributed by atoms with E-state index < -0.39 is 23.3 Å². The van der Waals surface area contributed by atoms with E-state index >= 15 is 0 Å². The number of hydrogen-bond donors (Lipinski definition) is 2. The van der Waals surface area contributed by atoms with Gasteiger partial charge in [-0.1, -0.05) is 0 Å². The monoisotopic (exact) mass is 221 g/mol. The quantitative estimate of drug-likeness (QED) is 0.597. The minimum atomic E-state index is -0.929. The summed E-state index contributed by atoms with van der Waals surface area (Å²) in [6.45, 7) is 0. The minimum Gasteiger partial charge on any atom is -0.343 e. The zero-order valence-electron chi connectivity index (χ0n) is 8.58. The molecule has 1 saturated carbocycles. The molecule has 1 saturated heterocycles. The molecule has 6 nitrogen and oxygen atoms in total. The van der Waals surface area contributed by atoms with Crippen molar-refractivity contribution in [3.8, 4) is 6.07 Å². The van der Waals surface area contributed by atoms with Crippen molar-refractivity contribution in [1.29, 1.82) is 5.26 Å². The van der Waals surface area contributed by atoms with Crippen molar-refractivity contribution in [2.24, 2.45) is 5.41 Å². The molecule has 3 amide bonds. The molecule has 16 heavy (non-hydrogen) atoms. The van der Waals surface area contributed by atoms with Crippen LogP contribution in [0.2, 0.25) is 0 Å². The van der Waals surface area contributed by atoms with Crippen LogP contribution in [0.1, 0.15) is 25.7 Å². The maximum atomic E-state index is 11.7. The van der Waals surface area contributed by atoms with Gasteiger partial charge in [0.1, 0.15) is 11.5 Å². The molecular weight excluding hydrogens is 210 g/mol. The first-order valence-electron chi connectivity index (χ1n) is 5.13. The standard InChI is InChI=1S/C10H11N3O3/c11-5-10(3-4-10)9(16)12-6-1-2-7(14)13-8(6)15/h6H,1-4H2,(H,12,16)(H,13,14,15). The number of nitrogens with zero attached hydrogens (tertiary/aromatic N) is 1. The second-order valence-corrected chi connectivity index (χ2v) is 4.17. The maximum Gasteiger partial charge on any atom is 0.249 e. The fourth-order valence-corrected chi connectivity index (χ4v) is 1.64. The summed E-state index contributed by atoms with van der Waals surface area (Å²) in [5.74, 6) is -1.21. The van der Waals surface area contributed by atoms with Crippen molar-refractivity contribution in [3.05, 3.63) is 0 Å². The first kappa shape index (κ1) is 10.6. The molecule has 0 aromatic heterocycles. The van der Waals surface area contributed by atoms with E-state index in [-0.39, 0.29) is 12.3 Å². The average Bonchev–Trinajstić information content (AvgIpc) is 3.03. The second kappa shape index (κ2) is 3.59. The van der Waals surface area contributed by atoms with E-state index in [9.17, 15) is 14.4 Å². The van der Waals surface area contributed by atoms with Gasteiger partial charge in [0.25, 0.3) is 0 Å². The molecule has 2 rings (SSSR count). The van der Waals surface area contributed by atoms with Crippen LogP contribution >= 0.6 is 0 Å². The Hall–Kier alpha value is -1.90. The van der Waals surface area contributed by atoms with Crippen molar-refractivity contribution in [2.75, 3.05) is 0 Å². The zero-order valence-corrected chi connectivity index (χ0v) is 8.58. The van der Waals surface area contributed by atoms with E-state index in [0.29, 0.717) is 19.3 Å². The van der Waals surface area contributed by atoms with Gasteiger partial charge in [-0.15, -0.1) is 0 Å². The van der Waals surface area contributed by atoms with E-state index in [4.69, 9.17) is 5.26 Å². The summed E-state index contributed by atoms with van der Waals surface area (Å²) in [4.78, 5) is 33.9. The van der Waals surface area contributed by atoms with E-state index in [1.807, 2.05) is 6.07 Å². The van der Waals surface area contributed by atoms with E-state index in [1.54, 1.807) is 0 Å². The van der Waals surface area contributed by atoms with Crippen molar-refractivity contribution in [2.45, 2.75) is 31.7 Å². The second-order valence-electron chi connectivity index (χ2n) is 4.17. The van der Waals surface area contributed by atoms with Gasteiger partial charge in [0.05, 0.1) is 6.07 Å². The number of nitrogens with one attached hydrogen (secondary N) is 2. The van der Waals surface area contributed by atoms with Gasteiger partial charge in [-0.05, 0) is 19.3 Å². The average molecular weight is 221 g/mol. The van der Waals surface area contributed by atoms with E-state index in [2.05, 4.69) is 10.6 Å². The van der Waals surface area contributed by atoms with Crippen molar-refractivity contribution >= 4 is 17.7 Å². The molecule has 1 heterocycles. The van der Waals surface area contributed by atoms with Gasteiger partial charge >= 0.3 is 0 Å². The molecule has 1 atom stereocenters. The number of amides is 3. The highest BCUT2D eigenvalue weighted by Gasteiger charge is 2.51. The normalized spacial score (nSPS) is 26.6. The molecule has 0 aromatic rings. The lowest BCUT2D eigenvalue weighted by Crippen LogP contribution is -2.53. The van der Waals surface area contributed by atoms with Crippen LogP contribution in [0.3, 0.4) is 0 Å². The molecular formula is C10H11N3O3. The van der Waals surface area contributed by atoms with E-state index in [1.165, 1.54) is 0 Å². The highest BCUT2D eigenvalue weighted by atomic mass is 16.2. The number of piperidine rings is 1. The Morgan fingerprint density at radius 3 is 2.69 bits per heavy atom. The fraction of sp³-hybridized carbons (Fsp3) is 0.600. The lowest BCUT2D eigenvalue weighted by molar-refractivity contribution is -0.138. The summed E-state index contributed by atoms with van der Waals surface area (Å²) in [6.07, 6.45) is 1.61. The van der Waals surface area contributed by atoms with Gasteiger partial charge in [0, 0.05) is 6.42 Å². The molecule has 0 bridgehead atoms. The topological polar surface area (TPSA) is 99.1 Å². The van der Waals surface area contributed by atoms with Crippen LogP contribution in [-0.4, -0.2) is 23.8 Å². The maximum absolute atomic E-state index is 11.7. The predicted octanol–water partition coefficient (Wildman–Crippen LogP) is -0.788. The number of hydrogen-bond acceptors (Lipinski definition) is 4. The Balaban J connectivity index is 1.96. The van der Waals surface area contributed by atoms with Gasteiger partial charge in [-0.25, -0.2) is 0 Å². The van der Waals surface area contributed by atoms with Crippen LogP contribution in [0.4, 0.5) is 0 Å². The lowest BCUT2D eigenvalue weighted by Gasteiger charge is -2.22. The van der Waals surface area contributed by atoms with E-state index in [0.717, 1.165) is 0 Å². The molecule has 1 aliphatic heterocycles. The van der Waals surface area contributed by atoms with Crippen molar-refractivity contribution < 1.29 is 14.4 Å². The summed E-state index contributed by atoms with van der Waals surface area (Å²) in [5.41, 5.74) is -0.929. The molecule has 0 aromatic carbocycles. The predicted molar refractivity (Wildman–Crippen MR) is 51.6 cm³/mol. The van der Waals surface area contributed by atoms with Crippen LogP contribution in [-0.2, 0) is 14.4 Å². The van der Waals surface area contributed by atoms with Gasteiger partial charge in [0.2, 0.25) is 17.7 Å². The smallest absolute Gasteiger partial charge is 0.249 e. The third kappa shape index (κ3) is 1.76. The SMILES string of the molecule is N#CC1(C(=O)NC2CCC(=O)NC2=O)CC1. The largest absolute Gasteiger partial charge is 0.343 e. The van der Waals surface area contributed by atoms with Gasteiger partial charge in [-0.3, -0.25) is 19.7 Å². The number of carbonyl (C=O) groups is 3. The highest BCUT2D eigenvalue weighted by molar-refractivity contribution is 6.02. The van der Waals surface area contributed by atoms with Gasteiger partial charge < -0.3 is 5.32 Å². The van der Waals surface area contributed by atoms with Crippen molar-refractivity contribution in [3.63, 3.8) is 0 Å². The third-order valence-electron chi connectivity index (χ3n) is 2.94. The molecule has 0 radical (unpaired) electrons. The van der Waals surface area contributed by atoms with Crippen molar-refractivity contribution in [1.82, 2.24) is 10.6 Å². The molecule has 6 heteroatoms. The number of rotatable bonds is 2. The fourth-order valence-electron chi connectivity index (χ4n) is 1.64. The van der Waals surface area contributed by atoms with Gasteiger partial charge in [-0.2, -0.15) is 5.26 Å². The highest BCUT2D eigenvalue weighted by Crippen LogP contribution is 2.45. The Morgan fingerprint density at radius 2 is 2.19 bits per heavy atom. The molecule has 1 aliphatic carbocycles. The van der Waals surface area contributed by atoms with Crippen LogP contribution in [0.5, 0.6) is 0 Å². The minimum absolute atomic E-state index is 0.218. The molecule has 2 N–H and O–H groups in total. The number of imide groups is 1. The first-order chi connectivity index (χ1) is 7.57. The van der Waals surface area contributed by atoms with Crippen LogP contribution < -0.4 is 10.6 Å². The summed E-state index contributed by atoms with van der Waals surface area (Å²) in [6, 6.07) is 1.27. The van der Waals surface area contributed by atoms with Gasteiger partial charge in [0.15, 0.2) is 0 Å². The zero-order chi connectivity index (χ0) is 11.8. The Kier molecular flexibility index (Phi) is 2.38. The summed E-state index contributed by atoms with van der Waals surface area (Å²) in [5, 5.41) is 13.5. The van der Waals surface area contributed by atoms with Crippen LogP contribution in [0.15, 0.2) is 0 Å². The first-order valence-corrected chi connectivity index (χ1v) is 5.13. The van der Waals surface area contributed by atoms with Crippen LogP contribution in [0, 0.1) is 16.7 Å². The Bertz CT molecular complexity index is 406. The number of carbonyl (C=O) groups excluding carboxylic acids is 3. The summed E-state index contributed by atoms with van der Waals surface area (Å²) in [7, 11) is 0. The molecule has 84 valence electrons. The Morgan fingerprint density at radius 1 is 1.50 bits per heavy atom. The molecule has 2 fully saturated rings. The molecule has 2 aliphatic rings. The summed E-state index contributed by atoms with van der Waals surface area (Å²) < 4.78 is 0. The Labute approximate surface area is 92.0 Å². The molecule has 1 unspecified atom stereocenters. The third-order valence-corrected chi connectivity index (χ3v) is 2.94.